The lowest BCUT2D eigenvalue weighted by Crippen LogP contribution is -2.34. The van der Waals surface area contributed by atoms with Gasteiger partial charge in [-0.1, -0.05) is 29.3 Å². The molecule has 3 aromatic rings. The topological polar surface area (TPSA) is 38.1 Å². The van der Waals surface area contributed by atoms with Gasteiger partial charge in [0.1, 0.15) is 5.82 Å². The Kier molecular flexibility index (Phi) is 6.64. The van der Waals surface area contributed by atoms with Crippen LogP contribution in [0, 0.1) is 33.6 Å². The molecule has 1 aliphatic heterocycles. The minimum Gasteiger partial charge on any atom is -0.370 e. The lowest BCUT2D eigenvalue weighted by Gasteiger charge is -2.34. The van der Waals surface area contributed by atoms with E-state index in [0.29, 0.717) is 16.8 Å². The van der Waals surface area contributed by atoms with Gasteiger partial charge in [0.15, 0.2) is 0 Å². The molecule has 1 fully saturated rings. The minimum absolute atomic E-state index is 0.0929. The molecule has 0 radical (unpaired) electrons. The summed E-state index contributed by atoms with van der Waals surface area (Å²) < 4.78 is 1.60. The largest absolute Gasteiger partial charge is 0.370 e. The fourth-order valence-corrected chi connectivity index (χ4v) is 5.51. The van der Waals surface area contributed by atoms with E-state index in [1.165, 1.54) is 16.7 Å². The van der Waals surface area contributed by atoms with E-state index < -0.39 is 0 Å². The number of aryl methyl sites for hydroxylation is 4. The number of rotatable bonds is 4. The molecule has 0 bridgehead atoms. The fraction of sp³-hybridized carbons (Fsp3) is 0.385. The molecule has 0 N–H and O–H groups in total. The number of hydrogen-bond donors (Lipinski definition) is 0. The lowest BCUT2D eigenvalue weighted by molar-refractivity contribution is 0.403. The molecule has 2 heterocycles. The summed E-state index contributed by atoms with van der Waals surface area (Å²) >= 11 is 13.2. The zero-order valence-corrected chi connectivity index (χ0v) is 20.6. The standard InChI is InChI=1S/C26H29Cl2N3O/c1-16-11-17(2)22(23(27)12-16)14-20-7-9-30(10-8-20)25-6-5-21(15-24(25)28)31-19(4)29-18(3)13-26(31)32/h5-6,11-13,15,20H,7-10,14H2,1-4H3. The second-order valence-electron chi connectivity index (χ2n) is 8.93. The number of aromatic nitrogens is 2. The van der Waals surface area contributed by atoms with Gasteiger partial charge in [0.05, 0.1) is 16.4 Å². The third kappa shape index (κ3) is 4.72. The van der Waals surface area contributed by atoms with Crippen LogP contribution in [-0.4, -0.2) is 22.6 Å². The summed E-state index contributed by atoms with van der Waals surface area (Å²) in [6.07, 6.45) is 3.22. The number of nitrogens with zero attached hydrogens (tertiary/aromatic N) is 3. The number of halogens is 2. The van der Waals surface area contributed by atoms with Crippen molar-refractivity contribution in [2.45, 2.75) is 47.0 Å². The molecule has 4 nitrogen and oxygen atoms in total. The molecule has 0 atom stereocenters. The first-order valence-electron chi connectivity index (χ1n) is 11.1. The van der Waals surface area contributed by atoms with Crippen LogP contribution < -0.4 is 10.5 Å². The van der Waals surface area contributed by atoms with E-state index in [-0.39, 0.29) is 5.56 Å². The van der Waals surface area contributed by atoms with E-state index in [2.05, 4.69) is 35.9 Å². The summed E-state index contributed by atoms with van der Waals surface area (Å²) in [5.41, 5.74) is 6.17. The second kappa shape index (κ2) is 9.29. The molecular weight excluding hydrogens is 441 g/mol. The second-order valence-corrected chi connectivity index (χ2v) is 9.75. The molecule has 0 unspecified atom stereocenters. The first kappa shape index (κ1) is 22.9. The number of piperidine rings is 1. The third-order valence-electron chi connectivity index (χ3n) is 6.41. The summed E-state index contributed by atoms with van der Waals surface area (Å²) in [5, 5.41) is 1.55. The maximum Gasteiger partial charge on any atom is 0.258 e. The van der Waals surface area contributed by atoms with Gasteiger partial charge in [-0.2, -0.15) is 0 Å². The Hall–Kier alpha value is -2.30. The van der Waals surface area contributed by atoms with Crippen molar-refractivity contribution < 1.29 is 0 Å². The van der Waals surface area contributed by atoms with Gasteiger partial charge in [0.2, 0.25) is 0 Å². The Morgan fingerprint density at radius 1 is 0.969 bits per heavy atom. The predicted molar refractivity (Wildman–Crippen MR) is 134 cm³/mol. The average Bonchev–Trinajstić information content (AvgIpc) is 2.71. The molecule has 1 aromatic heterocycles. The Morgan fingerprint density at radius 3 is 2.31 bits per heavy atom. The summed E-state index contributed by atoms with van der Waals surface area (Å²) in [7, 11) is 0. The predicted octanol–water partition coefficient (Wildman–Crippen LogP) is 6.23. The molecule has 0 aliphatic carbocycles. The zero-order valence-electron chi connectivity index (χ0n) is 19.1. The summed E-state index contributed by atoms with van der Waals surface area (Å²) in [4.78, 5) is 19.2. The average molecular weight is 470 g/mol. The first-order valence-corrected chi connectivity index (χ1v) is 11.9. The monoisotopic (exact) mass is 469 g/mol. The lowest BCUT2D eigenvalue weighted by atomic mass is 9.88. The summed E-state index contributed by atoms with van der Waals surface area (Å²) in [6, 6.07) is 11.7. The van der Waals surface area contributed by atoms with E-state index in [1.807, 2.05) is 32.0 Å². The SMILES string of the molecule is Cc1cc(C)c(CC2CCN(c3ccc(-n4c(C)nc(C)cc4=O)cc3Cl)CC2)c(Cl)c1. The van der Waals surface area contributed by atoms with Crippen molar-refractivity contribution >= 4 is 28.9 Å². The van der Waals surface area contributed by atoms with E-state index in [4.69, 9.17) is 23.2 Å². The van der Waals surface area contributed by atoms with Crippen LogP contribution in [0.1, 0.15) is 41.1 Å². The highest BCUT2D eigenvalue weighted by Gasteiger charge is 2.23. The van der Waals surface area contributed by atoms with Crippen LogP contribution in [0.4, 0.5) is 5.69 Å². The molecule has 2 aromatic carbocycles. The molecule has 168 valence electrons. The van der Waals surface area contributed by atoms with Gasteiger partial charge in [-0.15, -0.1) is 0 Å². The number of benzene rings is 2. The molecular formula is C26H29Cl2N3O. The van der Waals surface area contributed by atoms with Crippen LogP contribution in [0.25, 0.3) is 5.69 Å². The molecule has 4 rings (SSSR count). The van der Waals surface area contributed by atoms with Crippen LogP contribution >= 0.6 is 23.2 Å². The highest BCUT2D eigenvalue weighted by molar-refractivity contribution is 6.33. The molecule has 0 amide bonds. The van der Waals surface area contributed by atoms with Gasteiger partial charge in [0, 0.05) is 29.9 Å². The molecule has 0 spiro atoms. The summed E-state index contributed by atoms with van der Waals surface area (Å²) in [6.45, 7) is 9.81. The van der Waals surface area contributed by atoms with Crippen LogP contribution in [0.15, 0.2) is 41.2 Å². The maximum absolute atomic E-state index is 12.5. The quantitative estimate of drug-likeness (QED) is 0.454. The van der Waals surface area contributed by atoms with E-state index in [1.54, 1.807) is 10.6 Å². The van der Waals surface area contributed by atoms with Gasteiger partial charge < -0.3 is 4.90 Å². The van der Waals surface area contributed by atoms with Crippen molar-refractivity contribution in [3.63, 3.8) is 0 Å². The first-order chi connectivity index (χ1) is 15.2. The van der Waals surface area contributed by atoms with E-state index >= 15 is 0 Å². The molecule has 32 heavy (non-hydrogen) atoms. The normalized spacial score (nSPS) is 14.8. The van der Waals surface area contributed by atoms with Crippen molar-refractivity contribution in [3.8, 4) is 5.69 Å². The van der Waals surface area contributed by atoms with Crippen LogP contribution in [0.5, 0.6) is 0 Å². The minimum atomic E-state index is -0.0929. The van der Waals surface area contributed by atoms with Crippen molar-refractivity contribution in [2.24, 2.45) is 5.92 Å². The fourth-order valence-electron chi connectivity index (χ4n) is 4.82. The van der Waals surface area contributed by atoms with E-state index in [0.717, 1.165) is 54.4 Å². The Bertz CT molecular complexity index is 1190. The zero-order chi connectivity index (χ0) is 23.0. The van der Waals surface area contributed by atoms with E-state index in [9.17, 15) is 4.79 Å². The number of hydrogen-bond acceptors (Lipinski definition) is 3. The highest BCUT2D eigenvalue weighted by Crippen LogP contribution is 2.34. The van der Waals surface area contributed by atoms with Gasteiger partial charge >= 0.3 is 0 Å². The Balaban J connectivity index is 1.47. The van der Waals surface area contributed by atoms with Gasteiger partial charge in [-0.3, -0.25) is 9.36 Å². The van der Waals surface area contributed by atoms with Crippen molar-refractivity contribution in [1.82, 2.24) is 9.55 Å². The highest BCUT2D eigenvalue weighted by atomic mass is 35.5. The van der Waals surface area contributed by atoms with Crippen LogP contribution in [0.3, 0.4) is 0 Å². The van der Waals surface area contributed by atoms with Gasteiger partial charge in [0.25, 0.3) is 5.56 Å². The molecule has 1 saturated heterocycles. The molecule has 0 saturated carbocycles. The Morgan fingerprint density at radius 2 is 1.69 bits per heavy atom. The van der Waals surface area contributed by atoms with Crippen LogP contribution in [-0.2, 0) is 6.42 Å². The van der Waals surface area contributed by atoms with Gasteiger partial charge in [-0.25, -0.2) is 4.98 Å². The maximum atomic E-state index is 12.5. The van der Waals surface area contributed by atoms with Crippen molar-refractivity contribution in [3.05, 3.63) is 85.0 Å². The van der Waals surface area contributed by atoms with Gasteiger partial charge in [-0.05, 0) is 93.8 Å². The van der Waals surface area contributed by atoms with Crippen molar-refractivity contribution in [1.29, 1.82) is 0 Å². The van der Waals surface area contributed by atoms with Crippen molar-refractivity contribution in [2.75, 3.05) is 18.0 Å². The Labute approximate surface area is 199 Å². The molecule has 6 heteroatoms. The van der Waals surface area contributed by atoms with Crippen LogP contribution in [0.2, 0.25) is 10.0 Å². The third-order valence-corrected chi connectivity index (χ3v) is 7.05. The smallest absolute Gasteiger partial charge is 0.258 e. The molecule has 1 aliphatic rings. The summed E-state index contributed by atoms with van der Waals surface area (Å²) in [5.74, 6) is 1.27. The number of anilines is 1.